The van der Waals surface area contributed by atoms with Crippen LogP contribution < -0.4 is 30.9 Å². The van der Waals surface area contributed by atoms with Crippen molar-refractivity contribution >= 4 is 28.4 Å². The summed E-state index contributed by atoms with van der Waals surface area (Å²) < 4.78 is 53.3. The van der Waals surface area contributed by atoms with Crippen molar-refractivity contribution in [1.82, 2.24) is 9.88 Å². The van der Waals surface area contributed by atoms with Crippen LogP contribution in [-0.4, -0.2) is 47.6 Å². The van der Waals surface area contributed by atoms with Gasteiger partial charge in [-0.25, -0.2) is 9.18 Å². The molecule has 2 unspecified atom stereocenters. The summed E-state index contributed by atoms with van der Waals surface area (Å²) in [5.74, 6) is -2.18. The fraction of sp³-hybridized carbons (Fsp3) is 0.500. The van der Waals surface area contributed by atoms with E-state index in [1.54, 1.807) is 4.90 Å². The molecule has 4 N–H and O–H groups in total. The van der Waals surface area contributed by atoms with Crippen molar-refractivity contribution in [2.75, 3.05) is 23.7 Å². The number of piperazine rings is 1. The van der Waals surface area contributed by atoms with E-state index in [2.05, 4.69) is 10.1 Å². The van der Waals surface area contributed by atoms with Crippen LogP contribution in [-0.2, 0) is 0 Å². The molecular formula is C20H23F3N4O5. The Bertz CT molecular complexity index is 1120. The minimum atomic E-state index is -3.30. The zero-order valence-corrected chi connectivity index (χ0v) is 17.4. The Morgan fingerprint density at radius 1 is 1.28 bits per heavy atom. The molecule has 12 heteroatoms. The van der Waals surface area contributed by atoms with Crippen molar-refractivity contribution in [1.29, 1.82) is 0 Å². The minimum absolute atomic E-state index is 0.0774. The Kier molecular flexibility index (Phi) is 5.57. The van der Waals surface area contributed by atoms with E-state index < -0.39 is 46.6 Å². The highest BCUT2D eigenvalue weighted by Gasteiger charge is 2.35. The zero-order chi connectivity index (χ0) is 23.3. The highest BCUT2D eigenvalue weighted by Crippen LogP contribution is 2.47. The smallest absolute Gasteiger partial charge is 0.449 e. The predicted molar refractivity (Wildman–Crippen MR) is 110 cm³/mol. The fourth-order valence-corrected chi connectivity index (χ4v) is 4.34. The summed E-state index contributed by atoms with van der Waals surface area (Å²) in [7, 11) is 0. The van der Waals surface area contributed by atoms with E-state index in [1.165, 1.54) is 4.57 Å². The molecular weight excluding hydrogens is 433 g/mol. The van der Waals surface area contributed by atoms with Crippen LogP contribution in [0.3, 0.4) is 0 Å². The topological polar surface area (TPSA) is 119 Å². The van der Waals surface area contributed by atoms with Gasteiger partial charge in [0.2, 0.25) is 5.43 Å². The van der Waals surface area contributed by atoms with E-state index in [0.29, 0.717) is 25.9 Å². The SMILES string of the molecule is CC1CN(c2c(F)c(N)c3c(=O)c(OC(=O)O)cn(C4CC4)c3c2OC(F)F)CC(C)N1. The number of aromatic nitrogens is 1. The number of alkyl halides is 2. The third-order valence-electron chi connectivity index (χ3n) is 5.56. The first-order valence-electron chi connectivity index (χ1n) is 10.1. The quantitative estimate of drug-likeness (QED) is 0.464. The van der Waals surface area contributed by atoms with Crippen molar-refractivity contribution < 1.29 is 32.5 Å². The molecule has 2 aromatic rings. The maximum Gasteiger partial charge on any atom is 0.511 e. The predicted octanol–water partition coefficient (Wildman–Crippen LogP) is 2.90. The number of benzene rings is 1. The maximum atomic E-state index is 15.6. The zero-order valence-electron chi connectivity index (χ0n) is 17.4. The number of nitrogens with one attached hydrogen (secondary N) is 1. The summed E-state index contributed by atoms with van der Waals surface area (Å²) >= 11 is 0. The lowest BCUT2D eigenvalue weighted by Crippen LogP contribution is -2.54. The van der Waals surface area contributed by atoms with Gasteiger partial charge in [-0.1, -0.05) is 0 Å². The average Bonchev–Trinajstić information content (AvgIpc) is 3.51. The van der Waals surface area contributed by atoms with Crippen LogP contribution in [0, 0.1) is 5.82 Å². The molecule has 2 fully saturated rings. The van der Waals surface area contributed by atoms with E-state index >= 15 is 4.39 Å². The number of nitrogens with zero attached hydrogens (tertiary/aromatic N) is 2. The maximum absolute atomic E-state index is 15.6. The molecule has 1 saturated carbocycles. The third kappa shape index (κ3) is 3.90. The van der Waals surface area contributed by atoms with Crippen LogP contribution in [0.25, 0.3) is 10.9 Å². The van der Waals surface area contributed by atoms with Crippen molar-refractivity contribution in [2.45, 2.75) is 51.4 Å². The first-order chi connectivity index (χ1) is 15.1. The van der Waals surface area contributed by atoms with Crippen LogP contribution >= 0.6 is 0 Å². The van der Waals surface area contributed by atoms with Gasteiger partial charge in [0.1, 0.15) is 5.69 Å². The van der Waals surface area contributed by atoms with E-state index in [1.807, 2.05) is 13.8 Å². The number of anilines is 2. The van der Waals surface area contributed by atoms with Crippen molar-refractivity contribution in [3.63, 3.8) is 0 Å². The summed E-state index contributed by atoms with van der Waals surface area (Å²) in [5, 5.41) is 11.8. The van der Waals surface area contributed by atoms with Crippen LogP contribution in [0.5, 0.6) is 11.5 Å². The number of hydrogen-bond donors (Lipinski definition) is 3. The molecule has 0 amide bonds. The molecule has 0 radical (unpaired) electrons. The highest BCUT2D eigenvalue weighted by molar-refractivity contribution is 6.01. The fourth-order valence-electron chi connectivity index (χ4n) is 4.34. The van der Waals surface area contributed by atoms with Gasteiger partial charge in [0.25, 0.3) is 0 Å². The van der Waals surface area contributed by atoms with Gasteiger partial charge in [-0.3, -0.25) is 4.79 Å². The van der Waals surface area contributed by atoms with Gasteiger partial charge in [-0.15, -0.1) is 0 Å². The standard InChI is InChI=1S/C20H23F3N4O5/c1-8-5-26(6-9(2)25-8)16-13(21)14(24)12-15(18(16)32-19(22)23)27(10-3-4-10)7-11(17(12)28)31-20(29)30/h7-10,19,25H,3-6,24H2,1-2H3,(H,29,30). The monoisotopic (exact) mass is 456 g/mol. The van der Waals surface area contributed by atoms with Crippen molar-refractivity contribution in [2.24, 2.45) is 0 Å². The molecule has 2 heterocycles. The molecule has 9 nitrogen and oxygen atoms in total. The lowest BCUT2D eigenvalue weighted by Gasteiger charge is -2.38. The third-order valence-corrected chi connectivity index (χ3v) is 5.56. The number of nitrogen functional groups attached to an aromatic ring is 1. The first kappa shape index (κ1) is 22.1. The van der Waals surface area contributed by atoms with Gasteiger partial charge in [0.05, 0.1) is 22.8 Å². The van der Waals surface area contributed by atoms with Gasteiger partial charge < -0.3 is 35.1 Å². The van der Waals surface area contributed by atoms with Gasteiger partial charge in [-0.2, -0.15) is 8.78 Å². The number of ether oxygens (including phenoxy) is 2. The number of nitrogens with two attached hydrogens (primary N) is 1. The molecule has 2 atom stereocenters. The summed E-state index contributed by atoms with van der Waals surface area (Å²) in [6.45, 7) is 1.03. The molecule has 174 valence electrons. The van der Waals surface area contributed by atoms with Crippen molar-refractivity contribution in [3.05, 3.63) is 22.2 Å². The molecule has 0 spiro atoms. The Labute approximate surface area is 180 Å². The minimum Gasteiger partial charge on any atom is -0.449 e. The van der Waals surface area contributed by atoms with Crippen LogP contribution in [0.4, 0.5) is 29.3 Å². The second-order valence-corrected chi connectivity index (χ2v) is 8.21. The Balaban J connectivity index is 2.07. The van der Waals surface area contributed by atoms with Gasteiger partial charge in [0.15, 0.2) is 17.3 Å². The van der Waals surface area contributed by atoms with E-state index in [4.69, 9.17) is 15.6 Å². The summed E-state index contributed by atoms with van der Waals surface area (Å²) in [4.78, 5) is 25.5. The molecule has 1 aliphatic heterocycles. The number of carbonyl (C=O) groups is 1. The molecule has 32 heavy (non-hydrogen) atoms. The largest absolute Gasteiger partial charge is 0.511 e. The number of pyridine rings is 1. The van der Waals surface area contributed by atoms with Gasteiger partial charge in [-0.05, 0) is 26.7 Å². The molecule has 0 bridgehead atoms. The molecule has 4 rings (SSSR count). The second kappa shape index (κ2) is 8.08. The Hall–Kier alpha value is -3.15. The molecule has 1 aliphatic carbocycles. The number of carboxylic acid groups (broad SMARTS) is 1. The number of rotatable bonds is 5. The average molecular weight is 456 g/mol. The number of halogens is 3. The molecule has 1 saturated heterocycles. The second-order valence-electron chi connectivity index (χ2n) is 8.21. The Morgan fingerprint density at radius 2 is 1.91 bits per heavy atom. The number of hydrogen-bond acceptors (Lipinski definition) is 7. The van der Waals surface area contributed by atoms with Crippen LogP contribution in [0.2, 0.25) is 0 Å². The Morgan fingerprint density at radius 3 is 2.44 bits per heavy atom. The highest BCUT2D eigenvalue weighted by atomic mass is 19.3. The van der Waals surface area contributed by atoms with Crippen LogP contribution in [0.1, 0.15) is 32.7 Å². The van der Waals surface area contributed by atoms with Crippen LogP contribution in [0.15, 0.2) is 11.0 Å². The lowest BCUT2D eigenvalue weighted by molar-refractivity contribution is -0.0488. The van der Waals surface area contributed by atoms with E-state index in [-0.39, 0.29) is 29.3 Å². The molecule has 1 aromatic heterocycles. The van der Waals surface area contributed by atoms with Gasteiger partial charge in [0, 0.05) is 31.2 Å². The summed E-state index contributed by atoms with van der Waals surface area (Å²) in [6.07, 6.45) is 0.672. The lowest BCUT2D eigenvalue weighted by atomic mass is 10.1. The first-order valence-corrected chi connectivity index (χ1v) is 10.1. The molecule has 2 aliphatic rings. The normalized spacial score (nSPS) is 21.2. The van der Waals surface area contributed by atoms with E-state index in [0.717, 1.165) is 6.20 Å². The van der Waals surface area contributed by atoms with Gasteiger partial charge >= 0.3 is 12.8 Å². The summed E-state index contributed by atoms with van der Waals surface area (Å²) in [6, 6.07) is -0.384. The summed E-state index contributed by atoms with van der Waals surface area (Å²) in [5.41, 5.74) is 4.04. The van der Waals surface area contributed by atoms with E-state index in [9.17, 15) is 18.4 Å². The number of fused-ring (bicyclic) bond motifs is 1. The molecule has 1 aromatic carbocycles. The van der Waals surface area contributed by atoms with Crippen molar-refractivity contribution in [3.8, 4) is 11.5 Å².